The Hall–Kier alpha value is -0.570. The van der Waals surface area contributed by atoms with Crippen LogP contribution < -0.4 is 5.73 Å². The number of amides is 1. The first-order valence-electron chi connectivity index (χ1n) is 6.88. The van der Waals surface area contributed by atoms with E-state index in [1.165, 1.54) is 25.7 Å². The van der Waals surface area contributed by atoms with Crippen molar-refractivity contribution in [2.45, 2.75) is 71.4 Å². The third-order valence-electron chi connectivity index (χ3n) is 3.25. The van der Waals surface area contributed by atoms with Gasteiger partial charge in [0.25, 0.3) is 0 Å². The summed E-state index contributed by atoms with van der Waals surface area (Å²) >= 11 is 0. The summed E-state index contributed by atoms with van der Waals surface area (Å²) in [5, 5.41) is 0. The smallest absolute Gasteiger partial charge is 0.224 e. The van der Waals surface area contributed by atoms with Crippen molar-refractivity contribution in [2.75, 3.05) is 6.54 Å². The second kappa shape index (κ2) is 5.85. The fourth-order valence-corrected chi connectivity index (χ4v) is 2.56. The number of nitrogens with two attached hydrogens (primary N) is 1. The number of hydrogen-bond donors (Lipinski definition) is 1. The van der Waals surface area contributed by atoms with Gasteiger partial charge in [-0.3, -0.25) is 4.79 Å². The van der Waals surface area contributed by atoms with Crippen LogP contribution in [0.4, 0.5) is 0 Å². The monoisotopic (exact) mass is 240 g/mol. The van der Waals surface area contributed by atoms with Crippen LogP contribution in [0.3, 0.4) is 0 Å². The van der Waals surface area contributed by atoms with Crippen LogP contribution in [0.1, 0.15) is 59.8 Å². The molecule has 1 amide bonds. The summed E-state index contributed by atoms with van der Waals surface area (Å²) in [5.74, 6) is 0.763. The molecule has 0 atom stereocenters. The standard InChI is InChI=1S/C14H28N2O/c1-11(2)10-16(12-7-5-6-8-12)13(17)9-14(3,4)15/h11-12H,5-10,15H2,1-4H3. The zero-order valence-electron chi connectivity index (χ0n) is 11.8. The summed E-state index contributed by atoms with van der Waals surface area (Å²) in [5.41, 5.74) is 5.56. The Morgan fingerprint density at radius 3 is 2.29 bits per heavy atom. The lowest BCUT2D eigenvalue weighted by Crippen LogP contribution is -2.46. The van der Waals surface area contributed by atoms with Gasteiger partial charge in [0.05, 0.1) is 0 Å². The third-order valence-corrected chi connectivity index (χ3v) is 3.25. The van der Waals surface area contributed by atoms with E-state index in [1.54, 1.807) is 0 Å². The van der Waals surface area contributed by atoms with Crippen molar-refractivity contribution in [3.05, 3.63) is 0 Å². The highest BCUT2D eigenvalue weighted by Gasteiger charge is 2.29. The average molecular weight is 240 g/mol. The van der Waals surface area contributed by atoms with Gasteiger partial charge in [-0.1, -0.05) is 26.7 Å². The van der Waals surface area contributed by atoms with Gasteiger partial charge < -0.3 is 10.6 Å². The van der Waals surface area contributed by atoms with Crippen molar-refractivity contribution in [3.63, 3.8) is 0 Å². The molecule has 0 aromatic heterocycles. The van der Waals surface area contributed by atoms with Gasteiger partial charge in [0, 0.05) is 24.5 Å². The van der Waals surface area contributed by atoms with Gasteiger partial charge >= 0.3 is 0 Å². The number of carbonyl (C=O) groups excluding carboxylic acids is 1. The zero-order valence-corrected chi connectivity index (χ0v) is 11.8. The maximum atomic E-state index is 12.3. The van der Waals surface area contributed by atoms with Crippen molar-refractivity contribution in [1.29, 1.82) is 0 Å². The molecule has 0 saturated heterocycles. The fraction of sp³-hybridized carbons (Fsp3) is 0.929. The molecule has 0 aromatic carbocycles. The topological polar surface area (TPSA) is 46.3 Å². The molecule has 1 fully saturated rings. The van der Waals surface area contributed by atoms with Crippen LogP contribution in [0.25, 0.3) is 0 Å². The molecule has 1 saturated carbocycles. The van der Waals surface area contributed by atoms with Crippen LogP contribution in [0.5, 0.6) is 0 Å². The molecule has 0 aromatic rings. The highest BCUT2D eigenvalue weighted by molar-refractivity contribution is 5.77. The zero-order chi connectivity index (χ0) is 13.1. The molecule has 0 aliphatic heterocycles. The van der Waals surface area contributed by atoms with Crippen molar-refractivity contribution in [1.82, 2.24) is 4.90 Å². The minimum atomic E-state index is -0.398. The Morgan fingerprint density at radius 1 is 1.35 bits per heavy atom. The molecule has 1 rings (SSSR count). The normalized spacial score (nSPS) is 17.8. The van der Waals surface area contributed by atoms with Crippen molar-refractivity contribution < 1.29 is 4.79 Å². The predicted molar refractivity (Wildman–Crippen MR) is 71.7 cm³/mol. The van der Waals surface area contributed by atoms with Gasteiger partial charge in [-0.05, 0) is 32.6 Å². The molecular weight excluding hydrogens is 212 g/mol. The van der Waals surface area contributed by atoms with Crippen molar-refractivity contribution in [2.24, 2.45) is 11.7 Å². The summed E-state index contributed by atoms with van der Waals surface area (Å²) in [6.45, 7) is 9.06. The first kappa shape index (κ1) is 14.5. The molecule has 0 bridgehead atoms. The molecule has 0 radical (unpaired) electrons. The van der Waals surface area contributed by atoms with Crippen molar-refractivity contribution >= 4 is 5.91 Å². The van der Waals surface area contributed by atoms with Crippen LogP contribution in [-0.4, -0.2) is 28.9 Å². The van der Waals surface area contributed by atoms with E-state index < -0.39 is 5.54 Å². The summed E-state index contributed by atoms with van der Waals surface area (Å²) in [7, 11) is 0. The largest absolute Gasteiger partial charge is 0.339 e. The summed E-state index contributed by atoms with van der Waals surface area (Å²) in [4.78, 5) is 14.4. The highest BCUT2D eigenvalue weighted by atomic mass is 16.2. The minimum Gasteiger partial charge on any atom is -0.339 e. The SMILES string of the molecule is CC(C)CN(C(=O)CC(C)(C)N)C1CCCC1. The fourth-order valence-electron chi connectivity index (χ4n) is 2.56. The lowest BCUT2D eigenvalue weighted by atomic mass is 10.00. The Kier molecular flexibility index (Phi) is 4.99. The van der Waals surface area contributed by atoms with E-state index in [2.05, 4.69) is 18.7 Å². The van der Waals surface area contributed by atoms with Crippen LogP contribution >= 0.6 is 0 Å². The van der Waals surface area contributed by atoms with Gasteiger partial charge in [-0.15, -0.1) is 0 Å². The summed E-state index contributed by atoms with van der Waals surface area (Å²) < 4.78 is 0. The van der Waals surface area contributed by atoms with E-state index in [-0.39, 0.29) is 5.91 Å². The van der Waals surface area contributed by atoms with Gasteiger partial charge in [0.1, 0.15) is 0 Å². The Labute approximate surface area is 106 Å². The Balaban J connectivity index is 2.64. The summed E-state index contributed by atoms with van der Waals surface area (Å²) in [6.07, 6.45) is 5.32. The minimum absolute atomic E-state index is 0.234. The highest BCUT2D eigenvalue weighted by Crippen LogP contribution is 2.25. The van der Waals surface area contributed by atoms with Crippen molar-refractivity contribution in [3.8, 4) is 0 Å². The lowest BCUT2D eigenvalue weighted by molar-refractivity contribution is -0.135. The van der Waals surface area contributed by atoms with E-state index in [0.717, 1.165) is 6.54 Å². The molecule has 1 aliphatic rings. The second-order valence-corrected chi connectivity index (χ2v) is 6.54. The maximum absolute atomic E-state index is 12.3. The molecule has 0 spiro atoms. The number of nitrogens with zero attached hydrogens (tertiary/aromatic N) is 1. The molecule has 17 heavy (non-hydrogen) atoms. The van der Waals surface area contributed by atoms with Gasteiger partial charge in [-0.25, -0.2) is 0 Å². The summed E-state index contributed by atoms with van der Waals surface area (Å²) in [6, 6.07) is 0.465. The quantitative estimate of drug-likeness (QED) is 0.802. The first-order chi connectivity index (χ1) is 7.79. The molecule has 3 heteroatoms. The molecule has 3 nitrogen and oxygen atoms in total. The molecular formula is C14H28N2O. The molecule has 2 N–H and O–H groups in total. The first-order valence-corrected chi connectivity index (χ1v) is 6.88. The molecule has 0 unspecified atom stereocenters. The van der Waals surface area contributed by atoms with E-state index in [1.807, 2.05) is 13.8 Å². The lowest BCUT2D eigenvalue weighted by Gasteiger charge is -2.33. The third kappa shape index (κ3) is 5.07. The predicted octanol–water partition coefficient (Wildman–Crippen LogP) is 2.54. The van der Waals surface area contributed by atoms with Gasteiger partial charge in [-0.2, -0.15) is 0 Å². The van der Waals surface area contributed by atoms with E-state index >= 15 is 0 Å². The molecule has 100 valence electrons. The van der Waals surface area contributed by atoms with Gasteiger partial charge in [0.15, 0.2) is 0 Å². The Bertz CT molecular complexity index is 249. The van der Waals surface area contributed by atoms with Gasteiger partial charge in [0.2, 0.25) is 5.91 Å². The molecule has 1 aliphatic carbocycles. The van der Waals surface area contributed by atoms with E-state index in [9.17, 15) is 4.79 Å². The molecule has 0 heterocycles. The number of hydrogen-bond acceptors (Lipinski definition) is 2. The average Bonchev–Trinajstić information content (AvgIpc) is 2.63. The van der Waals surface area contributed by atoms with E-state index in [4.69, 9.17) is 5.73 Å². The van der Waals surface area contributed by atoms with Crippen LogP contribution in [0, 0.1) is 5.92 Å². The van der Waals surface area contributed by atoms with E-state index in [0.29, 0.717) is 18.4 Å². The second-order valence-electron chi connectivity index (χ2n) is 6.54. The van der Waals surface area contributed by atoms with Crippen LogP contribution in [-0.2, 0) is 4.79 Å². The van der Waals surface area contributed by atoms with Crippen LogP contribution in [0.2, 0.25) is 0 Å². The maximum Gasteiger partial charge on any atom is 0.224 e. The Morgan fingerprint density at radius 2 is 1.88 bits per heavy atom. The van der Waals surface area contributed by atoms with Crippen LogP contribution in [0.15, 0.2) is 0 Å². The number of rotatable bonds is 5. The number of carbonyl (C=O) groups is 1.